The van der Waals surface area contributed by atoms with Gasteiger partial charge in [0.1, 0.15) is 0 Å². The van der Waals surface area contributed by atoms with Gasteiger partial charge in [0.05, 0.1) is 6.61 Å². The van der Waals surface area contributed by atoms with Crippen LogP contribution in [0.5, 0.6) is 0 Å². The van der Waals surface area contributed by atoms with Crippen LogP contribution in [0.25, 0.3) is 0 Å². The summed E-state index contributed by atoms with van der Waals surface area (Å²) in [6.07, 6.45) is 3.27. The highest BCUT2D eigenvalue weighted by atomic mass is 16.5. The van der Waals surface area contributed by atoms with Crippen LogP contribution in [0.3, 0.4) is 0 Å². The Balaban J connectivity index is 1.82. The first-order chi connectivity index (χ1) is 11.7. The molecule has 0 spiro atoms. The number of hydrogen-bond donors (Lipinski definition) is 0. The highest BCUT2D eigenvalue weighted by molar-refractivity contribution is 6.01. The average molecular weight is 320 g/mol. The first-order valence-electron chi connectivity index (χ1n) is 8.21. The fourth-order valence-corrected chi connectivity index (χ4v) is 3.19. The van der Waals surface area contributed by atoms with Gasteiger partial charge in [-0.3, -0.25) is 4.79 Å². The van der Waals surface area contributed by atoms with Crippen molar-refractivity contribution in [3.05, 3.63) is 83.9 Å². The van der Waals surface area contributed by atoms with E-state index < -0.39 is 0 Å². The minimum Gasteiger partial charge on any atom is -0.463 e. The summed E-state index contributed by atoms with van der Waals surface area (Å²) in [4.78, 5) is 24.4. The molecule has 24 heavy (non-hydrogen) atoms. The van der Waals surface area contributed by atoms with Gasteiger partial charge in [0.25, 0.3) is 0 Å². The molecule has 0 amide bonds. The van der Waals surface area contributed by atoms with Crippen LogP contribution in [0.15, 0.2) is 72.8 Å². The Morgan fingerprint density at radius 1 is 1.00 bits per heavy atom. The Morgan fingerprint density at radius 3 is 2.25 bits per heavy atom. The molecule has 3 heteroatoms. The molecule has 0 aromatic heterocycles. The van der Waals surface area contributed by atoms with Crippen molar-refractivity contribution in [1.82, 2.24) is 0 Å². The average Bonchev–Trinajstić information content (AvgIpc) is 3.35. The van der Waals surface area contributed by atoms with Gasteiger partial charge in [0.2, 0.25) is 0 Å². The standard InChI is InChI=1S/C21H20O3/c1-2-24-18(22)14-13-17-19(15-9-5-3-6-10-15)20(17)21(23)16-11-7-4-8-12-16/h3-14,17,19-20H,2H2,1H3/b14-13+/t17-,19-,20-/m1/s1. The van der Waals surface area contributed by atoms with E-state index in [1.807, 2.05) is 66.7 Å². The van der Waals surface area contributed by atoms with Gasteiger partial charge in [0, 0.05) is 23.5 Å². The predicted molar refractivity (Wildman–Crippen MR) is 92.7 cm³/mol. The molecule has 0 radical (unpaired) electrons. The number of hydrogen-bond acceptors (Lipinski definition) is 3. The topological polar surface area (TPSA) is 43.4 Å². The molecule has 1 fully saturated rings. The van der Waals surface area contributed by atoms with Gasteiger partial charge in [-0.2, -0.15) is 0 Å². The Labute approximate surface area is 142 Å². The first-order valence-corrected chi connectivity index (χ1v) is 8.21. The molecule has 0 bridgehead atoms. The van der Waals surface area contributed by atoms with Gasteiger partial charge in [-0.05, 0) is 18.4 Å². The van der Waals surface area contributed by atoms with E-state index >= 15 is 0 Å². The second-order valence-corrected chi connectivity index (χ2v) is 5.88. The number of allylic oxidation sites excluding steroid dienone is 1. The van der Waals surface area contributed by atoms with Crippen LogP contribution >= 0.6 is 0 Å². The predicted octanol–water partition coefficient (Wildman–Crippen LogP) is 4.02. The van der Waals surface area contributed by atoms with Gasteiger partial charge in [-0.1, -0.05) is 66.7 Å². The van der Waals surface area contributed by atoms with Gasteiger partial charge in [-0.25, -0.2) is 4.79 Å². The Bertz CT molecular complexity index is 734. The molecular formula is C21H20O3. The molecule has 0 aliphatic heterocycles. The lowest BCUT2D eigenvalue weighted by Crippen LogP contribution is -2.04. The Hall–Kier alpha value is -2.68. The summed E-state index contributed by atoms with van der Waals surface area (Å²) in [5.41, 5.74) is 1.85. The summed E-state index contributed by atoms with van der Waals surface area (Å²) < 4.78 is 4.93. The molecule has 3 atom stereocenters. The van der Waals surface area contributed by atoms with E-state index in [1.54, 1.807) is 6.92 Å². The number of rotatable bonds is 6. The summed E-state index contributed by atoms with van der Waals surface area (Å²) in [5.74, 6) is -0.209. The van der Waals surface area contributed by atoms with Gasteiger partial charge >= 0.3 is 5.97 Å². The maximum atomic E-state index is 12.8. The molecule has 0 saturated heterocycles. The molecule has 0 heterocycles. The molecule has 2 aromatic rings. The van der Waals surface area contributed by atoms with Gasteiger partial charge in [0.15, 0.2) is 5.78 Å². The zero-order valence-corrected chi connectivity index (χ0v) is 13.6. The largest absolute Gasteiger partial charge is 0.463 e. The minimum atomic E-state index is -0.359. The smallest absolute Gasteiger partial charge is 0.330 e. The second-order valence-electron chi connectivity index (χ2n) is 5.88. The van der Waals surface area contributed by atoms with E-state index in [4.69, 9.17) is 4.74 Å². The van der Waals surface area contributed by atoms with E-state index in [0.717, 1.165) is 11.1 Å². The van der Waals surface area contributed by atoms with E-state index in [1.165, 1.54) is 6.08 Å². The van der Waals surface area contributed by atoms with Crippen LogP contribution in [-0.2, 0) is 9.53 Å². The van der Waals surface area contributed by atoms with Crippen molar-refractivity contribution in [3.8, 4) is 0 Å². The van der Waals surface area contributed by atoms with E-state index in [-0.39, 0.29) is 29.5 Å². The van der Waals surface area contributed by atoms with Crippen LogP contribution in [0.2, 0.25) is 0 Å². The number of ether oxygens (including phenoxy) is 1. The SMILES string of the molecule is CCOC(=O)/C=C/[C@H]1[C@@H](C(=O)c2ccccc2)[C@@H]1c1ccccc1. The third kappa shape index (κ3) is 3.46. The van der Waals surface area contributed by atoms with Crippen molar-refractivity contribution < 1.29 is 14.3 Å². The zero-order valence-electron chi connectivity index (χ0n) is 13.6. The van der Waals surface area contributed by atoms with Gasteiger partial charge in [-0.15, -0.1) is 0 Å². The van der Waals surface area contributed by atoms with Crippen molar-refractivity contribution >= 4 is 11.8 Å². The van der Waals surface area contributed by atoms with Crippen LogP contribution < -0.4 is 0 Å². The van der Waals surface area contributed by atoms with E-state index in [2.05, 4.69) is 0 Å². The van der Waals surface area contributed by atoms with Gasteiger partial charge < -0.3 is 4.74 Å². The van der Waals surface area contributed by atoms with Crippen LogP contribution in [0.4, 0.5) is 0 Å². The molecule has 3 nitrogen and oxygen atoms in total. The number of ketones is 1. The summed E-state index contributed by atoms with van der Waals surface area (Å²) in [7, 11) is 0. The third-order valence-electron chi connectivity index (χ3n) is 4.36. The van der Waals surface area contributed by atoms with Crippen molar-refractivity contribution in [2.24, 2.45) is 11.8 Å². The highest BCUT2D eigenvalue weighted by Crippen LogP contribution is 2.56. The first kappa shape index (κ1) is 16.2. The summed E-state index contributed by atoms with van der Waals surface area (Å²) in [6, 6.07) is 19.3. The third-order valence-corrected chi connectivity index (χ3v) is 4.36. The minimum absolute atomic E-state index is 0.0320. The summed E-state index contributed by atoms with van der Waals surface area (Å²) in [5, 5.41) is 0. The molecule has 1 saturated carbocycles. The van der Waals surface area contributed by atoms with Crippen molar-refractivity contribution in [2.45, 2.75) is 12.8 Å². The molecule has 1 aliphatic carbocycles. The molecule has 122 valence electrons. The number of esters is 1. The molecule has 2 aromatic carbocycles. The Morgan fingerprint density at radius 2 is 1.62 bits per heavy atom. The van der Waals surface area contributed by atoms with Crippen LogP contribution in [-0.4, -0.2) is 18.4 Å². The maximum absolute atomic E-state index is 12.8. The normalized spacial score (nSPS) is 22.3. The lowest BCUT2D eigenvalue weighted by molar-refractivity contribution is -0.137. The molecule has 0 unspecified atom stereocenters. The number of carbonyl (C=O) groups excluding carboxylic acids is 2. The zero-order chi connectivity index (χ0) is 16.9. The van der Waals surface area contributed by atoms with Crippen LogP contribution in [0, 0.1) is 11.8 Å². The van der Waals surface area contributed by atoms with E-state index in [9.17, 15) is 9.59 Å². The lowest BCUT2D eigenvalue weighted by atomic mass is 10.0. The quantitative estimate of drug-likeness (QED) is 0.459. The van der Waals surface area contributed by atoms with Crippen molar-refractivity contribution in [2.75, 3.05) is 6.61 Å². The monoisotopic (exact) mass is 320 g/mol. The molecule has 3 rings (SSSR count). The molecule has 0 N–H and O–H groups in total. The summed E-state index contributed by atoms with van der Waals surface area (Å²) >= 11 is 0. The molecule has 1 aliphatic rings. The fourth-order valence-electron chi connectivity index (χ4n) is 3.19. The number of Topliss-reactive ketones (excluding diaryl/α,β-unsaturated/α-hetero) is 1. The maximum Gasteiger partial charge on any atom is 0.330 e. The lowest BCUT2D eigenvalue weighted by Gasteiger charge is -2.00. The van der Waals surface area contributed by atoms with Crippen molar-refractivity contribution in [3.63, 3.8) is 0 Å². The number of benzene rings is 2. The number of carbonyl (C=O) groups is 2. The van der Waals surface area contributed by atoms with Crippen molar-refractivity contribution in [1.29, 1.82) is 0 Å². The molecular weight excluding hydrogens is 300 g/mol. The summed E-state index contributed by atoms with van der Waals surface area (Å²) in [6.45, 7) is 2.12. The van der Waals surface area contributed by atoms with Crippen LogP contribution in [0.1, 0.15) is 28.8 Å². The highest BCUT2D eigenvalue weighted by Gasteiger charge is 2.53. The van der Waals surface area contributed by atoms with E-state index in [0.29, 0.717) is 6.61 Å². The fraction of sp³-hybridized carbons (Fsp3) is 0.238. The Kier molecular flexibility index (Phi) is 4.90. The second kappa shape index (κ2) is 7.26.